The molecule has 0 radical (unpaired) electrons. The topological polar surface area (TPSA) is 67.6 Å². The van der Waals surface area contributed by atoms with Crippen molar-refractivity contribution in [2.45, 2.75) is 32.7 Å². The fourth-order valence-corrected chi connectivity index (χ4v) is 4.16. The van der Waals surface area contributed by atoms with Crippen molar-refractivity contribution >= 4 is 17.7 Å². The second kappa shape index (κ2) is 8.90. The Hall–Kier alpha value is -2.84. The largest absolute Gasteiger partial charge is 0.395 e. The summed E-state index contributed by atoms with van der Waals surface area (Å²) in [6, 6.07) is 14.3. The molecule has 0 aromatic heterocycles. The molecule has 3 rings (SSSR count). The van der Waals surface area contributed by atoms with Crippen molar-refractivity contribution in [1.82, 2.24) is 0 Å². The van der Waals surface area contributed by atoms with Gasteiger partial charge in [-0.2, -0.15) is 5.26 Å². The van der Waals surface area contributed by atoms with Gasteiger partial charge in [0.25, 0.3) is 0 Å². The van der Waals surface area contributed by atoms with Gasteiger partial charge in [-0.3, -0.25) is 4.79 Å². The zero-order valence-corrected chi connectivity index (χ0v) is 16.6. The molecule has 0 aliphatic carbocycles. The fraction of sp³-hybridized carbons (Fsp3) is 0.391. The van der Waals surface area contributed by atoms with Crippen molar-refractivity contribution in [1.29, 1.82) is 5.26 Å². The van der Waals surface area contributed by atoms with E-state index in [0.717, 1.165) is 54.7 Å². The number of hydrogen-bond acceptors (Lipinski definition) is 5. The van der Waals surface area contributed by atoms with Crippen LogP contribution in [0.2, 0.25) is 0 Å². The molecule has 1 heterocycles. The van der Waals surface area contributed by atoms with Crippen LogP contribution in [-0.4, -0.2) is 43.7 Å². The van der Waals surface area contributed by atoms with E-state index in [0.29, 0.717) is 23.7 Å². The third-order valence-corrected chi connectivity index (χ3v) is 5.63. The summed E-state index contributed by atoms with van der Waals surface area (Å²) >= 11 is 0. The van der Waals surface area contributed by atoms with Crippen LogP contribution in [0.4, 0.5) is 11.4 Å². The predicted octanol–water partition coefficient (Wildman–Crippen LogP) is 3.46. The molecule has 0 spiro atoms. The second-order valence-corrected chi connectivity index (χ2v) is 7.38. The summed E-state index contributed by atoms with van der Waals surface area (Å²) in [5, 5.41) is 19.0. The summed E-state index contributed by atoms with van der Waals surface area (Å²) in [4.78, 5) is 15.9. The van der Waals surface area contributed by atoms with Crippen molar-refractivity contribution in [3.8, 4) is 6.07 Å². The van der Waals surface area contributed by atoms with Gasteiger partial charge in [0.15, 0.2) is 0 Å². The van der Waals surface area contributed by atoms with Gasteiger partial charge in [0.2, 0.25) is 0 Å². The number of aldehydes is 1. The Morgan fingerprint density at radius 2 is 1.93 bits per heavy atom. The number of nitriles is 1. The normalized spacial score (nSPS) is 14.6. The van der Waals surface area contributed by atoms with Crippen LogP contribution in [0.25, 0.3) is 0 Å². The summed E-state index contributed by atoms with van der Waals surface area (Å²) < 4.78 is 0. The molecule has 0 bridgehead atoms. The van der Waals surface area contributed by atoms with Crippen molar-refractivity contribution in [2.24, 2.45) is 0 Å². The standard InChI is InChI=1S/C23H27N3O2/c1-17-13-18(2)23(14-20(17)16-28)26(11-12-27)21-7-9-25(10-8-21)22-6-4-3-5-19(22)15-24/h3-6,13-14,16,21,27H,7-12H2,1-2H3. The van der Waals surface area contributed by atoms with E-state index in [-0.39, 0.29) is 6.61 Å². The van der Waals surface area contributed by atoms with Crippen LogP contribution in [0.15, 0.2) is 36.4 Å². The average molecular weight is 377 g/mol. The molecule has 1 aliphatic heterocycles. The van der Waals surface area contributed by atoms with Crippen LogP contribution in [0.5, 0.6) is 0 Å². The molecule has 0 amide bonds. The molecule has 146 valence electrons. The van der Waals surface area contributed by atoms with E-state index in [9.17, 15) is 15.2 Å². The predicted molar refractivity (Wildman–Crippen MR) is 112 cm³/mol. The number of carbonyl (C=O) groups is 1. The van der Waals surface area contributed by atoms with Gasteiger partial charge in [0.05, 0.1) is 17.9 Å². The number of rotatable bonds is 6. The number of carbonyl (C=O) groups excluding carboxylic acids is 1. The van der Waals surface area contributed by atoms with Gasteiger partial charge in [-0.05, 0) is 56.0 Å². The molecule has 0 saturated carbocycles. The Morgan fingerprint density at radius 3 is 2.57 bits per heavy atom. The van der Waals surface area contributed by atoms with Crippen molar-refractivity contribution < 1.29 is 9.90 Å². The first-order chi connectivity index (χ1) is 13.6. The summed E-state index contributed by atoms with van der Waals surface area (Å²) in [7, 11) is 0. The number of anilines is 2. The van der Waals surface area contributed by atoms with Crippen molar-refractivity contribution in [3.05, 3.63) is 58.7 Å². The number of piperidine rings is 1. The molecule has 0 unspecified atom stereocenters. The lowest BCUT2D eigenvalue weighted by molar-refractivity contribution is 0.112. The Labute approximate surface area is 166 Å². The summed E-state index contributed by atoms with van der Waals surface area (Å²) in [5.74, 6) is 0. The molecule has 1 N–H and O–H groups in total. The molecule has 1 aliphatic rings. The number of aliphatic hydroxyl groups is 1. The lowest BCUT2D eigenvalue weighted by Gasteiger charge is -2.41. The van der Waals surface area contributed by atoms with E-state index in [1.165, 1.54) is 0 Å². The van der Waals surface area contributed by atoms with Crippen LogP contribution in [-0.2, 0) is 0 Å². The van der Waals surface area contributed by atoms with Crippen LogP contribution in [0.3, 0.4) is 0 Å². The van der Waals surface area contributed by atoms with Crippen LogP contribution >= 0.6 is 0 Å². The minimum Gasteiger partial charge on any atom is -0.395 e. The maximum Gasteiger partial charge on any atom is 0.150 e. The van der Waals surface area contributed by atoms with E-state index in [4.69, 9.17) is 0 Å². The average Bonchev–Trinajstić information content (AvgIpc) is 2.73. The third-order valence-electron chi connectivity index (χ3n) is 5.63. The summed E-state index contributed by atoms with van der Waals surface area (Å²) in [6.45, 7) is 6.33. The van der Waals surface area contributed by atoms with Gasteiger partial charge >= 0.3 is 0 Å². The van der Waals surface area contributed by atoms with E-state index < -0.39 is 0 Å². The highest BCUT2D eigenvalue weighted by Gasteiger charge is 2.27. The number of benzene rings is 2. The monoisotopic (exact) mass is 377 g/mol. The first kappa shape index (κ1) is 19.9. The van der Waals surface area contributed by atoms with Crippen molar-refractivity contribution in [3.63, 3.8) is 0 Å². The summed E-state index contributed by atoms with van der Waals surface area (Å²) in [6.07, 6.45) is 2.77. The maximum absolute atomic E-state index is 11.4. The highest BCUT2D eigenvalue weighted by atomic mass is 16.3. The number of hydrogen-bond donors (Lipinski definition) is 1. The fourth-order valence-electron chi connectivity index (χ4n) is 4.16. The van der Waals surface area contributed by atoms with E-state index in [2.05, 4.69) is 22.8 Å². The number of aryl methyl sites for hydroxylation is 2. The molecular weight excluding hydrogens is 350 g/mol. The van der Waals surface area contributed by atoms with E-state index in [1.54, 1.807) is 0 Å². The SMILES string of the molecule is Cc1cc(C)c(N(CCO)C2CCN(c3ccccc3C#N)CC2)cc1C=O. The quantitative estimate of drug-likeness (QED) is 0.781. The van der Waals surface area contributed by atoms with Crippen LogP contribution in [0.1, 0.15) is 39.9 Å². The maximum atomic E-state index is 11.4. The van der Waals surface area contributed by atoms with Gasteiger partial charge in [-0.1, -0.05) is 18.2 Å². The first-order valence-electron chi connectivity index (χ1n) is 9.77. The molecular formula is C23H27N3O2. The molecule has 0 atom stereocenters. The molecule has 5 heteroatoms. The number of para-hydroxylation sites is 1. The molecule has 1 saturated heterocycles. The van der Waals surface area contributed by atoms with Gasteiger partial charge in [0, 0.05) is 36.9 Å². The van der Waals surface area contributed by atoms with E-state index >= 15 is 0 Å². The van der Waals surface area contributed by atoms with Crippen LogP contribution < -0.4 is 9.80 Å². The third kappa shape index (κ3) is 4.02. The molecule has 2 aromatic carbocycles. The Morgan fingerprint density at radius 1 is 1.21 bits per heavy atom. The molecule has 5 nitrogen and oxygen atoms in total. The highest BCUT2D eigenvalue weighted by molar-refractivity contribution is 5.80. The van der Waals surface area contributed by atoms with E-state index in [1.807, 2.05) is 43.3 Å². The zero-order valence-electron chi connectivity index (χ0n) is 16.6. The smallest absolute Gasteiger partial charge is 0.150 e. The molecule has 1 fully saturated rings. The Balaban J connectivity index is 1.81. The minimum absolute atomic E-state index is 0.0707. The molecule has 2 aromatic rings. The first-order valence-corrected chi connectivity index (χ1v) is 9.77. The van der Waals surface area contributed by atoms with Gasteiger partial charge < -0.3 is 14.9 Å². The van der Waals surface area contributed by atoms with Crippen molar-refractivity contribution in [2.75, 3.05) is 36.0 Å². The lowest BCUT2D eigenvalue weighted by atomic mass is 9.98. The number of aliphatic hydroxyl groups excluding tert-OH is 1. The highest BCUT2D eigenvalue weighted by Crippen LogP contribution is 2.31. The minimum atomic E-state index is 0.0707. The van der Waals surface area contributed by atoms with Gasteiger partial charge in [-0.25, -0.2) is 0 Å². The Kier molecular flexibility index (Phi) is 6.33. The van der Waals surface area contributed by atoms with Crippen LogP contribution in [0, 0.1) is 25.2 Å². The molecule has 28 heavy (non-hydrogen) atoms. The van der Waals surface area contributed by atoms with Gasteiger partial charge in [-0.15, -0.1) is 0 Å². The summed E-state index contributed by atoms with van der Waals surface area (Å²) in [5.41, 5.74) is 5.52. The Bertz CT molecular complexity index is 880. The van der Waals surface area contributed by atoms with Gasteiger partial charge in [0.1, 0.15) is 12.4 Å². The zero-order chi connectivity index (χ0) is 20.1. The lowest BCUT2D eigenvalue weighted by Crippen LogP contribution is -2.46. The second-order valence-electron chi connectivity index (χ2n) is 7.38. The number of nitrogens with zero attached hydrogens (tertiary/aromatic N) is 3.